The van der Waals surface area contributed by atoms with Crippen molar-refractivity contribution in [2.75, 3.05) is 13.0 Å². The molecule has 3 unspecified atom stereocenters. The number of nitrogens with zero attached hydrogens (tertiary/aromatic N) is 3. The van der Waals surface area contributed by atoms with Gasteiger partial charge in [0.25, 0.3) is 0 Å². The van der Waals surface area contributed by atoms with Crippen LogP contribution in [0, 0.1) is 0 Å². The Hall–Kier alpha value is -1.30. The molecule has 8 heteroatoms. The van der Waals surface area contributed by atoms with Gasteiger partial charge in [-0.1, -0.05) is 0 Å². The van der Waals surface area contributed by atoms with Gasteiger partial charge in [-0.15, -0.1) is 0 Å². The standard InChI is InChI=1S/C9H9N4O3P/c14-2-6-9(16-4-17(6,9)15)8-10-1-5-7(13-8)12-3-11-5/h1,3,6,14H,2,4H2,(H,10,11,12,13). The number of nitrogens with one attached hydrogen (secondary N) is 1. The third-order valence-electron chi connectivity index (χ3n) is 3.59. The van der Waals surface area contributed by atoms with E-state index in [1.54, 1.807) is 6.20 Å². The van der Waals surface area contributed by atoms with Gasteiger partial charge in [-0.2, -0.15) is 0 Å². The van der Waals surface area contributed by atoms with Gasteiger partial charge in [-0.3, -0.25) is 0 Å². The van der Waals surface area contributed by atoms with Crippen molar-refractivity contribution in [2.24, 2.45) is 0 Å². The Morgan fingerprint density at radius 1 is 1.65 bits per heavy atom. The van der Waals surface area contributed by atoms with Crippen LogP contribution in [0.5, 0.6) is 0 Å². The van der Waals surface area contributed by atoms with E-state index in [1.165, 1.54) is 6.33 Å². The van der Waals surface area contributed by atoms with Crippen LogP contribution in [0.25, 0.3) is 11.2 Å². The number of ether oxygens (including phenoxy) is 1. The molecular weight excluding hydrogens is 243 g/mol. The molecule has 0 spiro atoms. The van der Waals surface area contributed by atoms with Crippen molar-refractivity contribution in [3.63, 3.8) is 0 Å². The molecule has 0 aromatic carbocycles. The van der Waals surface area contributed by atoms with E-state index in [9.17, 15) is 9.67 Å². The minimum atomic E-state index is -2.46. The van der Waals surface area contributed by atoms with E-state index in [0.29, 0.717) is 11.5 Å². The van der Waals surface area contributed by atoms with Crippen LogP contribution in [-0.4, -0.2) is 43.7 Å². The maximum atomic E-state index is 12.3. The second-order valence-electron chi connectivity index (χ2n) is 4.30. The fourth-order valence-electron chi connectivity index (χ4n) is 2.56. The van der Waals surface area contributed by atoms with Gasteiger partial charge < -0.3 is 19.4 Å². The maximum Gasteiger partial charge on any atom is 0.195 e. The summed E-state index contributed by atoms with van der Waals surface area (Å²) in [4.78, 5) is 15.3. The smallest absolute Gasteiger partial charge is 0.195 e. The van der Waals surface area contributed by atoms with Gasteiger partial charge in [0, 0.05) is 0 Å². The van der Waals surface area contributed by atoms with Crippen LogP contribution in [0.1, 0.15) is 5.82 Å². The SMILES string of the molecule is O=P12COC1(c1ncc3[nH]cnc3n1)C2CO. The van der Waals surface area contributed by atoms with Gasteiger partial charge in [0.2, 0.25) is 0 Å². The van der Waals surface area contributed by atoms with E-state index < -0.39 is 12.5 Å². The molecule has 0 amide bonds. The van der Waals surface area contributed by atoms with E-state index >= 15 is 0 Å². The second kappa shape index (κ2) is 2.75. The third kappa shape index (κ3) is 0.887. The van der Waals surface area contributed by atoms with E-state index in [4.69, 9.17) is 4.74 Å². The third-order valence-corrected chi connectivity index (χ3v) is 7.13. The summed E-state index contributed by atoms with van der Waals surface area (Å²) >= 11 is 0. The highest BCUT2D eigenvalue weighted by Gasteiger charge is 2.85. The summed E-state index contributed by atoms with van der Waals surface area (Å²) < 4.78 is 17.7. The molecule has 2 fully saturated rings. The molecule has 2 aliphatic heterocycles. The molecule has 2 aromatic rings. The fraction of sp³-hybridized carbons (Fsp3) is 0.444. The van der Waals surface area contributed by atoms with Crippen molar-refractivity contribution in [1.82, 2.24) is 19.9 Å². The number of aliphatic hydroxyl groups is 1. The van der Waals surface area contributed by atoms with Crippen molar-refractivity contribution in [2.45, 2.75) is 11.0 Å². The first-order valence-corrected chi connectivity index (χ1v) is 7.19. The highest BCUT2D eigenvalue weighted by molar-refractivity contribution is 7.74. The molecule has 2 N–H and O–H groups in total. The number of aromatic nitrogens is 4. The zero-order chi connectivity index (χ0) is 11.7. The molecule has 0 saturated carbocycles. The summed E-state index contributed by atoms with van der Waals surface area (Å²) in [5.41, 5.74) is 0.905. The monoisotopic (exact) mass is 252 g/mol. The number of aliphatic hydroxyl groups excluding tert-OH is 1. The topological polar surface area (TPSA) is 101 Å². The molecule has 2 aliphatic rings. The Morgan fingerprint density at radius 3 is 3.18 bits per heavy atom. The quantitative estimate of drug-likeness (QED) is 0.742. The highest BCUT2D eigenvalue weighted by atomic mass is 31.2. The molecule has 0 radical (unpaired) electrons. The number of rotatable bonds is 2. The van der Waals surface area contributed by atoms with Crippen LogP contribution in [0.4, 0.5) is 0 Å². The van der Waals surface area contributed by atoms with Crippen molar-refractivity contribution in [3.05, 3.63) is 18.3 Å². The van der Waals surface area contributed by atoms with Crippen molar-refractivity contribution in [3.8, 4) is 0 Å². The molecule has 17 heavy (non-hydrogen) atoms. The minimum Gasteiger partial charge on any atom is -0.395 e. The predicted molar refractivity (Wildman–Crippen MR) is 57.8 cm³/mol. The molecule has 0 bridgehead atoms. The number of hydrogen-bond acceptors (Lipinski definition) is 6. The Kier molecular flexibility index (Phi) is 1.57. The summed E-state index contributed by atoms with van der Waals surface area (Å²) in [6, 6.07) is 0. The minimum absolute atomic E-state index is 0.154. The van der Waals surface area contributed by atoms with Gasteiger partial charge in [0.05, 0.1) is 24.8 Å². The molecule has 88 valence electrons. The first-order valence-electron chi connectivity index (χ1n) is 5.22. The van der Waals surface area contributed by atoms with Crippen molar-refractivity contribution >= 4 is 18.3 Å². The largest absolute Gasteiger partial charge is 0.395 e. The van der Waals surface area contributed by atoms with E-state index in [-0.39, 0.29) is 18.6 Å². The zero-order valence-corrected chi connectivity index (χ0v) is 9.59. The normalized spacial score (nSPS) is 38.8. The maximum absolute atomic E-state index is 12.3. The average molecular weight is 252 g/mol. The molecule has 2 saturated heterocycles. The lowest BCUT2D eigenvalue weighted by atomic mass is 10.2. The van der Waals surface area contributed by atoms with Crippen LogP contribution in [0.2, 0.25) is 0 Å². The number of hydrogen-bond donors (Lipinski definition) is 2. The van der Waals surface area contributed by atoms with Crippen molar-refractivity contribution < 1.29 is 14.4 Å². The Morgan fingerprint density at radius 2 is 2.53 bits per heavy atom. The van der Waals surface area contributed by atoms with E-state index in [1.807, 2.05) is 0 Å². The van der Waals surface area contributed by atoms with Gasteiger partial charge in [-0.25, -0.2) is 15.0 Å². The van der Waals surface area contributed by atoms with Crippen LogP contribution >= 0.6 is 7.14 Å². The molecule has 3 atom stereocenters. The highest BCUT2D eigenvalue weighted by Crippen LogP contribution is 2.93. The molecule has 2 aromatic heterocycles. The number of H-pyrrole nitrogens is 1. The number of aromatic amines is 1. The molecule has 7 nitrogen and oxygen atoms in total. The second-order valence-corrected chi connectivity index (χ2v) is 7.43. The van der Waals surface area contributed by atoms with Gasteiger partial charge >= 0.3 is 0 Å². The molecule has 4 heterocycles. The van der Waals surface area contributed by atoms with E-state index in [0.717, 1.165) is 5.52 Å². The summed E-state index contributed by atoms with van der Waals surface area (Å²) in [6.45, 7) is -0.154. The molecular formula is C9H9N4O3P. The van der Waals surface area contributed by atoms with Crippen LogP contribution in [0.3, 0.4) is 0 Å². The Bertz CT molecular complexity index is 671. The lowest BCUT2D eigenvalue weighted by Gasteiger charge is -2.23. The summed E-state index contributed by atoms with van der Waals surface area (Å²) in [7, 11) is -2.46. The molecule has 0 aliphatic carbocycles. The van der Waals surface area contributed by atoms with Crippen molar-refractivity contribution in [1.29, 1.82) is 0 Å². The number of imidazole rings is 1. The zero-order valence-electron chi connectivity index (χ0n) is 8.70. The summed E-state index contributed by atoms with van der Waals surface area (Å²) in [5.74, 6) is 0.380. The van der Waals surface area contributed by atoms with Gasteiger partial charge in [0.15, 0.2) is 24.0 Å². The van der Waals surface area contributed by atoms with E-state index in [2.05, 4.69) is 19.9 Å². The fourth-order valence-corrected chi connectivity index (χ4v) is 5.75. The number of fused-ring (bicyclic) bond motifs is 2. The average Bonchev–Trinajstić information content (AvgIpc) is 2.72. The van der Waals surface area contributed by atoms with Crippen LogP contribution < -0.4 is 0 Å². The van der Waals surface area contributed by atoms with Crippen LogP contribution in [0.15, 0.2) is 12.5 Å². The lowest BCUT2D eigenvalue weighted by Crippen LogP contribution is -2.26. The Balaban J connectivity index is 1.88. The van der Waals surface area contributed by atoms with Gasteiger partial charge in [0.1, 0.15) is 11.9 Å². The lowest BCUT2D eigenvalue weighted by molar-refractivity contribution is 0.0368. The van der Waals surface area contributed by atoms with Gasteiger partial charge in [-0.05, 0) is 0 Å². The molecule has 4 rings (SSSR count). The Labute approximate surface area is 95.6 Å². The summed E-state index contributed by atoms with van der Waals surface area (Å²) in [6.07, 6.45) is 3.34. The first kappa shape index (κ1) is 9.70. The van der Waals surface area contributed by atoms with Crippen LogP contribution in [-0.2, 0) is 14.6 Å². The first-order chi connectivity index (χ1) is 8.22. The predicted octanol–water partition coefficient (Wildman–Crippen LogP) is 0.231. The summed E-state index contributed by atoms with van der Waals surface area (Å²) in [5, 5.41) is 8.30.